The van der Waals surface area contributed by atoms with Gasteiger partial charge in [0.15, 0.2) is 5.60 Å². The number of esters is 1. The highest BCUT2D eigenvalue weighted by atomic mass is 16.6. The van der Waals surface area contributed by atoms with Crippen LogP contribution in [0.1, 0.15) is 69.9 Å². The van der Waals surface area contributed by atoms with Gasteiger partial charge in [-0.1, -0.05) is 12.5 Å². The first-order valence-electron chi connectivity index (χ1n) is 9.63. The Balaban J connectivity index is 1.70. The van der Waals surface area contributed by atoms with Gasteiger partial charge in [0.1, 0.15) is 12.6 Å². The number of ether oxygens (including phenoxy) is 1. The second kappa shape index (κ2) is 8.49. The first kappa shape index (κ1) is 17.9. The fourth-order valence-corrected chi connectivity index (χ4v) is 4.24. The van der Waals surface area contributed by atoms with Crippen LogP contribution in [0.2, 0.25) is 0 Å². The highest BCUT2D eigenvalue weighted by Crippen LogP contribution is 2.31. The van der Waals surface area contributed by atoms with E-state index in [1.165, 1.54) is 43.1 Å². The molecule has 134 valence electrons. The van der Waals surface area contributed by atoms with Crippen molar-refractivity contribution in [2.24, 2.45) is 0 Å². The molecule has 2 aliphatic rings. The molecule has 1 aromatic heterocycles. The maximum absolute atomic E-state index is 11.5. The summed E-state index contributed by atoms with van der Waals surface area (Å²) < 4.78 is 5.65. The Labute approximate surface area is 151 Å². The maximum Gasteiger partial charge on any atom is 0.304 e. The van der Waals surface area contributed by atoms with Crippen LogP contribution in [0.25, 0.3) is 0 Å². The zero-order valence-electron chi connectivity index (χ0n) is 15.2. The number of piperidine rings is 1. The van der Waals surface area contributed by atoms with E-state index in [0.717, 1.165) is 38.8 Å². The lowest BCUT2D eigenvalue weighted by atomic mass is 9.85. The highest BCUT2D eigenvalue weighted by molar-refractivity contribution is 5.67. The van der Waals surface area contributed by atoms with Crippen molar-refractivity contribution in [3.63, 3.8) is 0 Å². The lowest BCUT2D eigenvalue weighted by Gasteiger charge is -2.33. The Bertz CT molecular complexity index is 626. The van der Waals surface area contributed by atoms with Crippen LogP contribution in [-0.4, -0.2) is 29.6 Å². The van der Waals surface area contributed by atoms with Gasteiger partial charge in [-0.3, -0.25) is 9.78 Å². The van der Waals surface area contributed by atoms with Crippen LogP contribution in [0.5, 0.6) is 0 Å². The number of nitrogens with zero attached hydrogens (tertiary/aromatic N) is 1. The van der Waals surface area contributed by atoms with E-state index in [4.69, 9.17) is 4.74 Å². The lowest BCUT2D eigenvalue weighted by Crippen LogP contribution is -3.13. The molecule has 4 heteroatoms. The molecule has 1 aromatic rings. The van der Waals surface area contributed by atoms with Crippen molar-refractivity contribution in [2.75, 3.05) is 13.1 Å². The maximum atomic E-state index is 11.5. The summed E-state index contributed by atoms with van der Waals surface area (Å²) in [7, 11) is 0. The molecule has 2 fully saturated rings. The molecule has 3 rings (SSSR count). The molecule has 1 saturated carbocycles. The van der Waals surface area contributed by atoms with E-state index >= 15 is 0 Å². The molecule has 0 radical (unpaired) electrons. The van der Waals surface area contributed by atoms with Gasteiger partial charge in [0, 0.05) is 31.3 Å². The number of hydrogen-bond donors (Lipinski definition) is 1. The molecular weight excluding hydrogens is 312 g/mol. The van der Waals surface area contributed by atoms with Crippen LogP contribution >= 0.6 is 0 Å². The average Bonchev–Trinajstić information content (AvgIpc) is 2.63. The van der Waals surface area contributed by atoms with Gasteiger partial charge in [0.25, 0.3) is 0 Å². The molecule has 25 heavy (non-hydrogen) atoms. The Hall–Kier alpha value is -1.86. The Morgan fingerprint density at radius 3 is 2.88 bits per heavy atom. The minimum Gasteiger partial charge on any atom is -0.446 e. The number of nitrogens with one attached hydrogen (secondary N) is 1. The molecule has 2 atom stereocenters. The van der Waals surface area contributed by atoms with Crippen LogP contribution in [0.15, 0.2) is 24.5 Å². The van der Waals surface area contributed by atoms with E-state index in [2.05, 4.69) is 22.9 Å². The largest absolute Gasteiger partial charge is 0.446 e. The summed E-state index contributed by atoms with van der Waals surface area (Å²) in [5.41, 5.74) is 0.773. The molecule has 1 saturated heterocycles. The number of carbonyl (C=O) groups is 1. The van der Waals surface area contributed by atoms with Crippen molar-refractivity contribution in [3.05, 3.63) is 30.1 Å². The van der Waals surface area contributed by atoms with Gasteiger partial charge < -0.3 is 9.64 Å². The zero-order chi connectivity index (χ0) is 17.5. The predicted molar refractivity (Wildman–Crippen MR) is 96.9 cm³/mol. The van der Waals surface area contributed by atoms with Crippen molar-refractivity contribution in [2.45, 2.75) is 69.9 Å². The minimum atomic E-state index is -0.539. The van der Waals surface area contributed by atoms with Gasteiger partial charge in [-0.05, 0) is 56.4 Å². The molecule has 0 spiro atoms. The zero-order valence-corrected chi connectivity index (χ0v) is 15.2. The third-order valence-corrected chi connectivity index (χ3v) is 5.45. The molecule has 1 N–H and O–H groups in total. The van der Waals surface area contributed by atoms with Crippen LogP contribution in [0, 0.1) is 11.8 Å². The monoisotopic (exact) mass is 341 g/mol. The van der Waals surface area contributed by atoms with Crippen molar-refractivity contribution < 1.29 is 14.4 Å². The summed E-state index contributed by atoms with van der Waals surface area (Å²) in [5.74, 6) is 6.53. The number of likely N-dealkylation sites (tertiary alicyclic amines) is 1. The van der Waals surface area contributed by atoms with Crippen molar-refractivity contribution in [1.29, 1.82) is 0 Å². The average molecular weight is 341 g/mol. The summed E-state index contributed by atoms with van der Waals surface area (Å²) in [6, 6.07) is 4.68. The SMILES string of the molecule is CC(=O)OC1(C#CC[NH+]2CCCC[C@H]2c2cccnc2)CCCCC1. The van der Waals surface area contributed by atoms with Gasteiger partial charge in [-0.25, -0.2) is 0 Å². The topological polar surface area (TPSA) is 43.6 Å². The van der Waals surface area contributed by atoms with Gasteiger partial charge in [-0.2, -0.15) is 0 Å². The summed E-state index contributed by atoms with van der Waals surface area (Å²) in [6.07, 6.45) is 12.7. The fraction of sp³-hybridized carbons (Fsp3) is 0.619. The molecule has 0 bridgehead atoms. The third kappa shape index (κ3) is 4.83. The van der Waals surface area contributed by atoms with E-state index < -0.39 is 5.60 Å². The molecule has 2 heterocycles. The normalized spacial score (nSPS) is 25.5. The molecule has 0 amide bonds. The van der Waals surface area contributed by atoms with Crippen molar-refractivity contribution in [3.8, 4) is 11.8 Å². The highest BCUT2D eigenvalue weighted by Gasteiger charge is 2.33. The van der Waals surface area contributed by atoms with E-state index in [9.17, 15) is 4.79 Å². The summed E-state index contributed by atoms with van der Waals surface area (Å²) in [5, 5.41) is 0. The number of carbonyl (C=O) groups excluding carboxylic acids is 1. The van der Waals surface area contributed by atoms with Crippen LogP contribution < -0.4 is 4.90 Å². The van der Waals surface area contributed by atoms with Crippen LogP contribution in [-0.2, 0) is 9.53 Å². The number of hydrogen-bond acceptors (Lipinski definition) is 3. The molecule has 4 nitrogen and oxygen atoms in total. The number of aromatic nitrogens is 1. The van der Waals surface area contributed by atoms with Gasteiger partial charge in [0.2, 0.25) is 0 Å². The molecule has 0 aromatic carbocycles. The first-order valence-corrected chi connectivity index (χ1v) is 9.63. The first-order chi connectivity index (χ1) is 12.2. The van der Waals surface area contributed by atoms with E-state index in [1.807, 2.05) is 18.5 Å². The van der Waals surface area contributed by atoms with Gasteiger partial charge in [0.05, 0.1) is 6.54 Å². The predicted octanol–water partition coefficient (Wildman–Crippen LogP) is 2.46. The molecular formula is C21H29N2O2+. The van der Waals surface area contributed by atoms with Crippen molar-refractivity contribution >= 4 is 5.97 Å². The standard InChI is InChI=1S/C21H28N2O2/c1-18(24)25-21(11-4-2-5-12-21)13-8-16-23-15-6-3-10-20(23)19-9-7-14-22-17-19/h7,9,14,17,20H,2-6,10-12,15-16H2,1H3/p+1/t20-/m0/s1. The lowest BCUT2D eigenvalue weighted by molar-refractivity contribution is -0.930. The number of quaternary nitrogens is 1. The quantitative estimate of drug-likeness (QED) is 0.678. The third-order valence-electron chi connectivity index (χ3n) is 5.45. The fourth-order valence-electron chi connectivity index (χ4n) is 4.24. The minimum absolute atomic E-state index is 0.213. The number of pyridine rings is 1. The van der Waals surface area contributed by atoms with Crippen molar-refractivity contribution in [1.82, 2.24) is 4.98 Å². The van der Waals surface area contributed by atoms with E-state index in [0.29, 0.717) is 6.04 Å². The second-order valence-corrected chi connectivity index (χ2v) is 7.37. The molecule has 1 aliphatic heterocycles. The second-order valence-electron chi connectivity index (χ2n) is 7.37. The van der Waals surface area contributed by atoms with Gasteiger partial charge >= 0.3 is 5.97 Å². The Kier molecular flexibility index (Phi) is 6.09. The van der Waals surface area contributed by atoms with Gasteiger partial charge in [-0.15, -0.1) is 0 Å². The molecule has 1 unspecified atom stereocenters. The number of rotatable bonds is 3. The summed E-state index contributed by atoms with van der Waals surface area (Å²) in [6.45, 7) is 3.45. The Morgan fingerprint density at radius 1 is 1.32 bits per heavy atom. The molecule has 1 aliphatic carbocycles. The van der Waals surface area contributed by atoms with Crippen LogP contribution in [0.3, 0.4) is 0 Å². The summed E-state index contributed by atoms with van der Waals surface area (Å²) in [4.78, 5) is 17.3. The smallest absolute Gasteiger partial charge is 0.304 e. The Morgan fingerprint density at radius 2 is 2.16 bits per heavy atom. The van der Waals surface area contributed by atoms with E-state index in [1.54, 1.807) is 0 Å². The van der Waals surface area contributed by atoms with E-state index in [-0.39, 0.29) is 5.97 Å². The summed E-state index contributed by atoms with van der Waals surface area (Å²) >= 11 is 0. The van der Waals surface area contributed by atoms with Crippen LogP contribution in [0.4, 0.5) is 0 Å².